The molecule has 0 bridgehead atoms. The van der Waals surface area contributed by atoms with Gasteiger partial charge in [0.15, 0.2) is 0 Å². The maximum atomic E-state index is 2.34. The van der Waals surface area contributed by atoms with Crippen molar-refractivity contribution in [1.82, 2.24) is 0 Å². The topological polar surface area (TPSA) is 6.48 Å². The minimum atomic E-state index is -0.488. The van der Waals surface area contributed by atoms with Crippen molar-refractivity contribution >= 4 is 46.6 Å². The van der Waals surface area contributed by atoms with Crippen molar-refractivity contribution in [3.63, 3.8) is 0 Å². The average molecular weight is 316 g/mol. The maximum absolute atomic E-state index is 2.34. The van der Waals surface area contributed by atoms with Crippen LogP contribution >= 0.6 is 7.92 Å². The first-order chi connectivity index (χ1) is 11.3. The van der Waals surface area contributed by atoms with E-state index < -0.39 is 7.92 Å². The zero-order valence-electron chi connectivity index (χ0n) is 13.2. The van der Waals surface area contributed by atoms with Crippen molar-refractivity contribution in [2.24, 2.45) is 0 Å². The van der Waals surface area contributed by atoms with Crippen LogP contribution in [0.4, 0.5) is 22.7 Å². The van der Waals surface area contributed by atoms with Gasteiger partial charge in [0.05, 0.1) is 11.4 Å². The third-order valence-corrected chi connectivity index (χ3v) is 7.53. The predicted molar refractivity (Wildman–Crippen MR) is 101 cm³/mol. The lowest BCUT2D eigenvalue weighted by atomic mass is 10.2. The SMILES string of the molecule is CN1c2ccccc2P2c3ccccc3N(C)c3cccc1c32. The lowest BCUT2D eigenvalue weighted by Gasteiger charge is -2.42. The number of fused-ring (bicyclic) bond motifs is 4. The first kappa shape index (κ1) is 13.2. The summed E-state index contributed by atoms with van der Waals surface area (Å²) in [6, 6.07) is 24.4. The largest absolute Gasteiger partial charge is 0.343 e. The van der Waals surface area contributed by atoms with Crippen LogP contribution in [0.5, 0.6) is 0 Å². The van der Waals surface area contributed by atoms with E-state index in [4.69, 9.17) is 0 Å². The van der Waals surface area contributed by atoms with Crippen LogP contribution in [-0.2, 0) is 0 Å². The van der Waals surface area contributed by atoms with Gasteiger partial charge in [-0.3, -0.25) is 0 Å². The Morgan fingerprint density at radius 1 is 0.565 bits per heavy atom. The van der Waals surface area contributed by atoms with E-state index in [1.54, 1.807) is 0 Å². The number of benzene rings is 3. The maximum Gasteiger partial charge on any atom is 0.0514 e. The molecule has 2 nitrogen and oxygen atoms in total. The van der Waals surface area contributed by atoms with Crippen LogP contribution in [0.1, 0.15) is 0 Å². The molecule has 2 heterocycles. The Labute approximate surface area is 137 Å². The smallest absolute Gasteiger partial charge is 0.0514 e. The zero-order valence-corrected chi connectivity index (χ0v) is 14.1. The first-order valence-electron chi connectivity index (χ1n) is 7.86. The molecule has 5 rings (SSSR count). The van der Waals surface area contributed by atoms with Gasteiger partial charge in [-0.2, -0.15) is 0 Å². The molecule has 0 N–H and O–H groups in total. The summed E-state index contributed by atoms with van der Waals surface area (Å²) in [5.41, 5.74) is 5.35. The fraction of sp³-hybridized carbons (Fsp3) is 0.100. The van der Waals surface area contributed by atoms with E-state index in [9.17, 15) is 0 Å². The molecule has 0 fully saturated rings. The Morgan fingerprint density at radius 3 is 1.52 bits per heavy atom. The molecule has 2 aliphatic heterocycles. The molecule has 3 aromatic rings. The second-order valence-corrected chi connectivity index (χ2v) is 8.16. The molecule has 0 amide bonds. The molecule has 0 unspecified atom stereocenters. The number of hydrogen-bond donors (Lipinski definition) is 0. The second-order valence-electron chi connectivity index (χ2n) is 6.08. The number of anilines is 4. The highest BCUT2D eigenvalue weighted by Crippen LogP contribution is 2.52. The van der Waals surface area contributed by atoms with E-state index in [0.29, 0.717) is 0 Å². The summed E-state index contributed by atoms with van der Waals surface area (Å²) in [4.78, 5) is 4.68. The van der Waals surface area contributed by atoms with Crippen molar-refractivity contribution in [3.05, 3.63) is 66.7 Å². The number of rotatable bonds is 0. The van der Waals surface area contributed by atoms with Crippen molar-refractivity contribution < 1.29 is 0 Å². The van der Waals surface area contributed by atoms with Crippen molar-refractivity contribution in [2.75, 3.05) is 23.9 Å². The lowest BCUT2D eigenvalue weighted by Crippen LogP contribution is -2.40. The molecular formula is C20H17N2P. The number of para-hydroxylation sites is 2. The Morgan fingerprint density at radius 2 is 1.00 bits per heavy atom. The summed E-state index contributed by atoms with van der Waals surface area (Å²) in [5.74, 6) is 0. The molecule has 0 atom stereocenters. The molecule has 0 aromatic heterocycles. The minimum Gasteiger partial charge on any atom is -0.343 e. The monoisotopic (exact) mass is 316 g/mol. The molecule has 0 radical (unpaired) electrons. The molecule has 3 heteroatoms. The average Bonchev–Trinajstić information content (AvgIpc) is 2.61. The van der Waals surface area contributed by atoms with Gasteiger partial charge in [0.2, 0.25) is 0 Å². The molecule has 23 heavy (non-hydrogen) atoms. The summed E-state index contributed by atoms with van der Waals surface area (Å²) < 4.78 is 0. The summed E-state index contributed by atoms with van der Waals surface area (Å²) >= 11 is 0. The second kappa shape index (κ2) is 4.59. The van der Waals surface area contributed by atoms with Crippen LogP contribution in [0.25, 0.3) is 0 Å². The van der Waals surface area contributed by atoms with E-state index in [1.165, 1.54) is 38.7 Å². The highest BCUT2D eigenvalue weighted by molar-refractivity contribution is 7.81. The zero-order chi connectivity index (χ0) is 15.6. The normalized spacial score (nSPS) is 15.0. The van der Waals surface area contributed by atoms with Gasteiger partial charge in [0.25, 0.3) is 0 Å². The van der Waals surface area contributed by atoms with Gasteiger partial charge in [0.1, 0.15) is 0 Å². The van der Waals surface area contributed by atoms with Gasteiger partial charge >= 0.3 is 0 Å². The number of hydrogen-bond acceptors (Lipinski definition) is 2. The summed E-state index contributed by atoms with van der Waals surface area (Å²) in [6.07, 6.45) is 0. The van der Waals surface area contributed by atoms with Gasteiger partial charge in [-0.05, 0) is 32.2 Å². The van der Waals surface area contributed by atoms with Gasteiger partial charge in [-0.1, -0.05) is 42.5 Å². The Bertz CT molecular complexity index is 863. The lowest BCUT2D eigenvalue weighted by molar-refractivity contribution is 1.19. The summed E-state index contributed by atoms with van der Waals surface area (Å²) in [7, 11) is 3.88. The molecule has 112 valence electrons. The van der Waals surface area contributed by atoms with Crippen molar-refractivity contribution in [1.29, 1.82) is 0 Å². The molecule has 0 saturated carbocycles. The van der Waals surface area contributed by atoms with Gasteiger partial charge in [-0.15, -0.1) is 0 Å². The Hall–Kier alpha value is -2.31. The summed E-state index contributed by atoms with van der Waals surface area (Å²) in [6.45, 7) is 0. The van der Waals surface area contributed by atoms with Gasteiger partial charge in [0, 0.05) is 41.4 Å². The van der Waals surface area contributed by atoms with Crippen molar-refractivity contribution in [3.8, 4) is 0 Å². The van der Waals surface area contributed by atoms with E-state index in [1.807, 2.05) is 0 Å². The molecular weight excluding hydrogens is 299 g/mol. The Balaban J connectivity index is 1.92. The third-order valence-electron chi connectivity index (χ3n) is 4.91. The quantitative estimate of drug-likeness (QED) is 0.585. The molecule has 0 spiro atoms. The van der Waals surface area contributed by atoms with Crippen LogP contribution < -0.4 is 25.7 Å². The minimum absolute atomic E-state index is 0.488. The third kappa shape index (κ3) is 1.62. The summed E-state index contributed by atoms with van der Waals surface area (Å²) in [5, 5.41) is 4.42. The van der Waals surface area contributed by atoms with E-state index >= 15 is 0 Å². The van der Waals surface area contributed by atoms with Crippen LogP contribution in [0.2, 0.25) is 0 Å². The Kier molecular flexibility index (Phi) is 2.63. The van der Waals surface area contributed by atoms with E-state index in [-0.39, 0.29) is 0 Å². The van der Waals surface area contributed by atoms with E-state index in [2.05, 4.69) is 90.6 Å². The molecule has 3 aromatic carbocycles. The molecule has 0 aliphatic carbocycles. The van der Waals surface area contributed by atoms with E-state index in [0.717, 1.165) is 0 Å². The first-order valence-corrected chi connectivity index (χ1v) is 9.20. The van der Waals surface area contributed by atoms with Crippen LogP contribution in [0.15, 0.2) is 66.7 Å². The predicted octanol–water partition coefficient (Wildman–Crippen LogP) is 3.61. The van der Waals surface area contributed by atoms with Crippen LogP contribution in [-0.4, -0.2) is 14.1 Å². The van der Waals surface area contributed by atoms with Crippen LogP contribution in [0, 0.1) is 0 Å². The van der Waals surface area contributed by atoms with Gasteiger partial charge in [-0.25, -0.2) is 0 Å². The van der Waals surface area contributed by atoms with Crippen molar-refractivity contribution in [2.45, 2.75) is 0 Å². The fourth-order valence-corrected chi connectivity index (χ4v) is 6.82. The van der Waals surface area contributed by atoms with Crippen LogP contribution in [0.3, 0.4) is 0 Å². The highest BCUT2D eigenvalue weighted by Gasteiger charge is 2.37. The highest BCUT2D eigenvalue weighted by atomic mass is 31.1. The standard InChI is InChI=1S/C20H17N2P/c1-21-14-8-3-5-12-18(14)23-19-13-6-4-9-15(19)22(2)17-11-7-10-16(21)20(17)23/h3-13H,1-2H3. The van der Waals surface area contributed by atoms with Gasteiger partial charge < -0.3 is 9.80 Å². The molecule has 2 aliphatic rings. The number of nitrogens with zero attached hydrogens (tertiary/aromatic N) is 2. The molecule has 0 saturated heterocycles. The fourth-order valence-electron chi connectivity index (χ4n) is 3.79.